The summed E-state index contributed by atoms with van der Waals surface area (Å²) in [6.45, 7) is 13.3. The first-order valence-corrected chi connectivity index (χ1v) is 8.06. The molecular formula is C17H34O2. The molecule has 0 saturated carbocycles. The summed E-state index contributed by atoms with van der Waals surface area (Å²) in [6, 6.07) is 0. The first kappa shape index (κ1) is 18.5. The van der Waals surface area contributed by atoms with Gasteiger partial charge in [-0.15, -0.1) is 0 Å². The van der Waals surface area contributed by atoms with Gasteiger partial charge < -0.3 is 4.74 Å². The van der Waals surface area contributed by atoms with Crippen LogP contribution in [-0.2, 0) is 9.53 Å². The van der Waals surface area contributed by atoms with Gasteiger partial charge in [0, 0.05) is 6.42 Å². The second-order valence-electron chi connectivity index (χ2n) is 6.55. The topological polar surface area (TPSA) is 26.3 Å². The van der Waals surface area contributed by atoms with Crippen molar-refractivity contribution in [2.45, 2.75) is 86.2 Å². The summed E-state index contributed by atoms with van der Waals surface area (Å²) in [5, 5.41) is 0. The highest BCUT2D eigenvalue weighted by Gasteiger charge is 2.15. The Morgan fingerprint density at radius 3 is 1.89 bits per heavy atom. The normalized spacial score (nSPS) is 16.2. The first-order chi connectivity index (χ1) is 8.86. The second kappa shape index (κ2) is 10.3. The zero-order chi connectivity index (χ0) is 14.8. The second-order valence-corrected chi connectivity index (χ2v) is 6.55. The fourth-order valence-corrected chi connectivity index (χ4v) is 2.21. The summed E-state index contributed by atoms with van der Waals surface area (Å²) >= 11 is 0. The first-order valence-electron chi connectivity index (χ1n) is 8.06. The Labute approximate surface area is 120 Å². The van der Waals surface area contributed by atoms with Crippen LogP contribution in [0.2, 0.25) is 0 Å². The molecule has 0 aliphatic rings. The third-order valence-electron chi connectivity index (χ3n) is 3.99. The molecule has 0 rings (SSSR count). The Morgan fingerprint density at radius 1 is 0.895 bits per heavy atom. The van der Waals surface area contributed by atoms with Crippen molar-refractivity contribution >= 4 is 5.97 Å². The molecule has 0 aromatic rings. The van der Waals surface area contributed by atoms with Crippen molar-refractivity contribution in [1.82, 2.24) is 0 Å². The van der Waals surface area contributed by atoms with E-state index in [2.05, 4.69) is 27.7 Å². The standard InChI is InChI=1S/C17H34O2/c1-7-8-17(18)19-16(6)12-11-15(5)14(4)10-9-13(2)3/h13-16H,7-12H2,1-6H3. The van der Waals surface area contributed by atoms with Crippen LogP contribution in [0.3, 0.4) is 0 Å². The maximum atomic E-state index is 11.4. The highest BCUT2D eigenvalue weighted by atomic mass is 16.5. The third kappa shape index (κ3) is 9.98. The maximum absolute atomic E-state index is 11.4. The molecule has 0 aliphatic heterocycles. The molecule has 0 spiro atoms. The van der Waals surface area contributed by atoms with E-state index in [1.54, 1.807) is 0 Å². The molecule has 0 saturated heterocycles. The molecular weight excluding hydrogens is 236 g/mol. The van der Waals surface area contributed by atoms with Crippen molar-refractivity contribution in [3.05, 3.63) is 0 Å². The predicted octanol–water partition coefficient (Wildman–Crippen LogP) is 5.21. The van der Waals surface area contributed by atoms with Crippen LogP contribution >= 0.6 is 0 Å². The van der Waals surface area contributed by atoms with E-state index in [9.17, 15) is 4.79 Å². The Kier molecular flexibility index (Phi) is 9.99. The third-order valence-corrected chi connectivity index (χ3v) is 3.99. The van der Waals surface area contributed by atoms with Crippen LogP contribution in [0.25, 0.3) is 0 Å². The lowest BCUT2D eigenvalue weighted by Crippen LogP contribution is -2.17. The van der Waals surface area contributed by atoms with Crippen LogP contribution in [0.4, 0.5) is 0 Å². The highest BCUT2D eigenvalue weighted by Crippen LogP contribution is 2.24. The average Bonchev–Trinajstić information content (AvgIpc) is 2.33. The van der Waals surface area contributed by atoms with Gasteiger partial charge in [-0.1, -0.05) is 47.5 Å². The van der Waals surface area contributed by atoms with Crippen molar-refractivity contribution in [3.8, 4) is 0 Å². The molecule has 0 aromatic carbocycles. The quantitative estimate of drug-likeness (QED) is 0.510. The smallest absolute Gasteiger partial charge is 0.306 e. The van der Waals surface area contributed by atoms with Gasteiger partial charge in [-0.05, 0) is 43.9 Å². The lowest BCUT2D eigenvalue weighted by molar-refractivity contribution is -0.148. The highest BCUT2D eigenvalue weighted by molar-refractivity contribution is 5.69. The average molecular weight is 270 g/mol. The number of carbonyl (C=O) groups excluding carboxylic acids is 1. The van der Waals surface area contributed by atoms with E-state index >= 15 is 0 Å². The molecule has 2 heteroatoms. The fraction of sp³-hybridized carbons (Fsp3) is 0.941. The van der Waals surface area contributed by atoms with Crippen molar-refractivity contribution in [2.24, 2.45) is 17.8 Å². The van der Waals surface area contributed by atoms with Crippen molar-refractivity contribution in [2.75, 3.05) is 0 Å². The molecule has 3 unspecified atom stereocenters. The lowest BCUT2D eigenvalue weighted by Gasteiger charge is -2.22. The van der Waals surface area contributed by atoms with Crippen LogP contribution < -0.4 is 0 Å². The Bertz CT molecular complexity index is 235. The molecule has 0 N–H and O–H groups in total. The molecule has 0 radical (unpaired) electrons. The van der Waals surface area contributed by atoms with Gasteiger partial charge in [0.25, 0.3) is 0 Å². The molecule has 0 aliphatic carbocycles. The van der Waals surface area contributed by atoms with E-state index < -0.39 is 0 Å². The minimum atomic E-state index is -0.0458. The Hall–Kier alpha value is -0.530. The van der Waals surface area contributed by atoms with Gasteiger partial charge >= 0.3 is 5.97 Å². The summed E-state index contributed by atoms with van der Waals surface area (Å²) in [5.41, 5.74) is 0. The molecule has 19 heavy (non-hydrogen) atoms. The molecule has 0 aromatic heterocycles. The van der Waals surface area contributed by atoms with E-state index in [1.165, 1.54) is 12.8 Å². The monoisotopic (exact) mass is 270 g/mol. The van der Waals surface area contributed by atoms with E-state index in [1.807, 2.05) is 13.8 Å². The van der Waals surface area contributed by atoms with Gasteiger partial charge in [0.05, 0.1) is 6.10 Å². The van der Waals surface area contributed by atoms with Crippen LogP contribution in [-0.4, -0.2) is 12.1 Å². The molecule has 3 atom stereocenters. The summed E-state index contributed by atoms with van der Waals surface area (Å²) in [5.74, 6) is 2.23. The van der Waals surface area contributed by atoms with Gasteiger partial charge in [0.15, 0.2) is 0 Å². The molecule has 0 bridgehead atoms. The maximum Gasteiger partial charge on any atom is 0.306 e. The predicted molar refractivity (Wildman–Crippen MR) is 82.1 cm³/mol. The summed E-state index contributed by atoms with van der Waals surface area (Å²) in [7, 11) is 0. The van der Waals surface area contributed by atoms with Gasteiger partial charge in [0.1, 0.15) is 0 Å². The summed E-state index contributed by atoms with van der Waals surface area (Å²) in [6.07, 6.45) is 6.25. The van der Waals surface area contributed by atoms with E-state index in [0.29, 0.717) is 12.3 Å². The zero-order valence-corrected chi connectivity index (χ0v) is 13.9. The minimum absolute atomic E-state index is 0.0458. The molecule has 2 nitrogen and oxygen atoms in total. The number of hydrogen-bond donors (Lipinski definition) is 0. The SMILES string of the molecule is CCCC(=O)OC(C)CCC(C)C(C)CCC(C)C. The molecule has 0 heterocycles. The van der Waals surface area contributed by atoms with Crippen LogP contribution in [0.15, 0.2) is 0 Å². The Morgan fingerprint density at radius 2 is 1.42 bits per heavy atom. The van der Waals surface area contributed by atoms with Gasteiger partial charge in [-0.3, -0.25) is 4.79 Å². The molecule has 0 fully saturated rings. The van der Waals surface area contributed by atoms with Gasteiger partial charge in [-0.25, -0.2) is 0 Å². The number of hydrogen-bond acceptors (Lipinski definition) is 2. The van der Waals surface area contributed by atoms with E-state index in [4.69, 9.17) is 4.74 Å². The zero-order valence-electron chi connectivity index (χ0n) is 13.9. The number of ether oxygens (including phenoxy) is 1. The number of esters is 1. The molecule has 0 amide bonds. The van der Waals surface area contributed by atoms with Gasteiger partial charge in [-0.2, -0.15) is 0 Å². The fourth-order valence-electron chi connectivity index (χ4n) is 2.21. The van der Waals surface area contributed by atoms with E-state index in [-0.39, 0.29) is 12.1 Å². The summed E-state index contributed by atoms with van der Waals surface area (Å²) < 4.78 is 5.38. The summed E-state index contributed by atoms with van der Waals surface area (Å²) in [4.78, 5) is 11.4. The van der Waals surface area contributed by atoms with Crippen LogP contribution in [0.1, 0.15) is 80.1 Å². The van der Waals surface area contributed by atoms with Crippen LogP contribution in [0.5, 0.6) is 0 Å². The molecule has 114 valence electrons. The van der Waals surface area contributed by atoms with Crippen molar-refractivity contribution in [1.29, 1.82) is 0 Å². The Balaban J connectivity index is 3.81. The minimum Gasteiger partial charge on any atom is -0.463 e. The van der Waals surface area contributed by atoms with E-state index in [0.717, 1.165) is 31.1 Å². The lowest BCUT2D eigenvalue weighted by atomic mass is 9.86. The largest absolute Gasteiger partial charge is 0.463 e. The van der Waals surface area contributed by atoms with Crippen molar-refractivity contribution < 1.29 is 9.53 Å². The number of rotatable bonds is 10. The van der Waals surface area contributed by atoms with Crippen molar-refractivity contribution in [3.63, 3.8) is 0 Å². The number of carbonyl (C=O) groups is 1. The van der Waals surface area contributed by atoms with Crippen LogP contribution in [0, 0.1) is 17.8 Å². The van der Waals surface area contributed by atoms with Gasteiger partial charge in [0.2, 0.25) is 0 Å².